The van der Waals surface area contributed by atoms with Crippen LogP contribution in [0.5, 0.6) is 17.2 Å². The molecule has 8 heteroatoms. The zero-order chi connectivity index (χ0) is 21.4. The molecule has 0 bridgehead atoms. The molecule has 7 nitrogen and oxygen atoms in total. The number of anilines is 1. The van der Waals surface area contributed by atoms with Gasteiger partial charge >= 0.3 is 5.97 Å². The van der Waals surface area contributed by atoms with Crippen molar-refractivity contribution in [2.24, 2.45) is 0 Å². The number of carbonyl (C=O) groups is 2. The summed E-state index contributed by atoms with van der Waals surface area (Å²) in [6.07, 6.45) is 1.64. The Balaban J connectivity index is 2.01. The number of methoxy groups -OCH3 is 3. The van der Waals surface area contributed by atoms with E-state index in [1.54, 1.807) is 12.1 Å². The van der Waals surface area contributed by atoms with Crippen LogP contribution in [0.15, 0.2) is 42.5 Å². The smallest absolute Gasteiger partial charge is 0.331 e. The van der Waals surface area contributed by atoms with Crippen LogP contribution in [0.1, 0.15) is 12.5 Å². The lowest BCUT2D eigenvalue weighted by Crippen LogP contribution is -2.29. The molecule has 0 spiro atoms. The van der Waals surface area contributed by atoms with Gasteiger partial charge in [0.1, 0.15) is 5.82 Å². The highest BCUT2D eigenvalue weighted by atomic mass is 19.1. The van der Waals surface area contributed by atoms with Gasteiger partial charge in [0.05, 0.1) is 21.3 Å². The van der Waals surface area contributed by atoms with E-state index >= 15 is 0 Å². The second-order valence-electron chi connectivity index (χ2n) is 5.87. The van der Waals surface area contributed by atoms with Gasteiger partial charge in [-0.2, -0.15) is 0 Å². The SMILES string of the molecule is COc1cc(/C=C/C(=O)O[C@@H](C)C(=O)Nc2ccc(F)cc2)cc(OC)c1OC. The molecule has 154 valence electrons. The van der Waals surface area contributed by atoms with Gasteiger partial charge < -0.3 is 24.3 Å². The van der Waals surface area contributed by atoms with Gasteiger partial charge in [0, 0.05) is 11.8 Å². The molecule has 0 heterocycles. The first kappa shape index (κ1) is 21.7. The van der Waals surface area contributed by atoms with Gasteiger partial charge in [-0.3, -0.25) is 4.79 Å². The Hall–Kier alpha value is -3.55. The third kappa shape index (κ3) is 5.97. The molecule has 1 N–H and O–H groups in total. The van der Waals surface area contributed by atoms with Crippen LogP contribution in [-0.2, 0) is 14.3 Å². The lowest BCUT2D eigenvalue weighted by atomic mass is 10.1. The second-order valence-corrected chi connectivity index (χ2v) is 5.87. The van der Waals surface area contributed by atoms with Gasteiger partial charge in [-0.1, -0.05) is 0 Å². The molecule has 2 rings (SSSR count). The van der Waals surface area contributed by atoms with Crippen LogP contribution in [0, 0.1) is 5.82 Å². The van der Waals surface area contributed by atoms with Crippen LogP contribution in [0.25, 0.3) is 6.08 Å². The minimum Gasteiger partial charge on any atom is -0.493 e. The maximum atomic E-state index is 12.9. The van der Waals surface area contributed by atoms with Gasteiger partial charge in [0.2, 0.25) is 5.75 Å². The summed E-state index contributed by atoms with van der Waals surface area (Å²) in [5, 5.41) is 2.54. The molecule has 0 aliphatic heterocycles. The van der Waals surface area contributed by atoms with Crippen molar-refractivity contribution in [2.45, 2.75) is 13.0 Å². The number of nitrogens with one attached hydrogen (secondary N) is 1. The first-order chi connectivity index (χ1) is 13.9. The molecular weight excluding hydrogens is 381 g/mol. The van der Waals surface area contributed by atoms with Gasteiger partial charge in [-0.25, -0.2) is 9.18 Å². The van der Waals surface area contributed by atoms with Gasteiger partial charge in [-0.15, -0.1) is 0 Å². The highest BCUT2D eigenvalue weighted by Crippen LogP contribution is 2.38. The van der Waals surface area contributed by atoms with Crippen molar-refractivity contribution in [3.8, 4) is 17.2 Å². The van der Waals surface area contributed by atoms with E-state index in [2.05, 4.69) is 5.32 Å². The summed E-state index contributed by atoms with van der Waals surface area (Å²) in [6, 6.07) is 8.57. The van der Waals surface area contributed by atoms with Crippen molar-refractivity contribution < 1.29 is 32.9 Å². The number of halogens is 1. The lowest BCUT2D eigenvalue weighted by Gasteiger charge is -2.13. The zero-order valence-electron chi connectivity index (χ0n) is 16.5. The van der Waals surface area contributed by atoms with Crippen LogP contribution in [0.2, 0.25) is 0 Å². The minimum atomic E-state index is -1.04. The first-order valence-electron chi connectivity index (χ1n) is 8.63. The number of benzene rings is 2. The molecule has 2 aromatic rings. The van der Waals surface area contributed by atoms with E-state index in [1.807, 2.05) is 0 Å². The van der Waals surface area contributed by atoms with Crippen LogP contribution in [0.3, 0.4) is 0 Å². The van der Waals surface area contributed by atoms with Crippen LogP contribution >= 0.6 is 0 Å². The summed E-state index contributed by atoms with van der Waals surface area (Å²) in [4.78, 5) is 24.1. The van der Waals surface area contributed by atoms with E-state index in [0.717, 1.165) is 0 Å². The fourth-order valence-corrected chi connectivity index (χ4v) is 2.41. The molecule has 0 saturated heterocycles. The van der Waals surface area contributed by atoms with E-state index in [4.69, 9.17) is 18.9 Å². The third-order valence-corrected chi connectivity index (χ3v) is 3.87. The molecule has 0 aliphatic rings. The summed E-state index contributed by atoms with van der Waals surface area (Å²) in [5.41, 5.74) is 1.01. The summed E-state index contributed by atoms with van der Waals surface area (Å²) < 4.78 is 33.7. The molecule has 2 aromatic carbocycles. The number of carbonyl (C=O) groups excluding carboxylic acids is 2. The summed E-state index contributed by atoms with van der Waals surface area (Å²) in [5.74, 6) is -0.356. The van der Waals surface area contributed by atoms with Gasteiger partial charge in [0.15, 0.2) is 17.6 Å². The standard InChI is InChI=1S/C21H22FNO6/c1-13(21(25)23-16-8-6-15(22)7-9-16)29-19(24)10-5-14-11-17(26-2)20(28-4)18(12-14)27-3/h5-13H,1-4H3,(H,23,25)/b10-5+/t13-/m0/s1. The van der Waals surface area contributed by atoms with E-state index < -0.39 is 23.8 Å². The Bertz CT molecular complexity index is 870. The Morgan fingerprint density at radius 2 is 1.59 bits per heavy atom. The normalized spacial score (nSPS) is 11.6. The summed E-state index contributed by atoms with van der Waals surface area (Å²) >= 11 is 0. The van der Waals surface area contributed by atoms with Crippen molar-refractivity contribution in [3.63, 3.8) is 0 Å². The predicted octanol–water partition coefficient (Wildman–Crippen LogP) is 3.44. The summed E-state index contributed by atoms with van der Waals surface area (Å²) in [6.45, 7) is 1.43. The number of hydrogen-bond acceptors (Lipinski definition) is 6. The van der Waals surface area contributed by atoms with E-state index in [0.29, 0.717) is 28.5 Å². The molecule has 1 atom stereocenters. The highest BCUT2D eigenvalue weighted by molar-refractivity contribution is 5.96. The van der Waals surface area contributed by atoms with Crippen molar-refractivity contribution in [2.75, 3.05) is 26.6 Å². The Kier molecular flexibility index (Phi) is 7.59. The van der Waals surface area contributed by atoms with Crippen LogP contribution in [-0.4, -0.2) is 39.3 Å². The van der Waals surface area contributed by atoms with Crippen molar-refractivity contribution in [3.05, 3.63) is 53.9 Å². The van der Waals surface area contributed by atoms with Crippen molar-refractivity contribution >= 4 is 23.6 Å². The maximum absolute atomic E-state index is 12.9. The average Bonchev–Trinajstić information content (AvgIpc) is 2.72. The minimum absolute atomic E-state index is 0.396. The van der Waals surface area contributed by atoms with Gasteiger partial charge in [-0.05, 0) is 55.0 Å². The number of rotatable bonds is 8. The van der Waals surface area contributed by atoms with Crippen LogP contribution < -0.4 is 19.5 Å². The Labute approximate surface area is 168 Å². The van der Waals surface area contributed by atoms with Crippen molar-refractivity contribution in [1.29, 1.82) is 0 Å². The number of ether oxygens (including phenoxy) is 4. The van der Waals surface area contributed by atoms with E-state index in [9.17, 15) is 14.0 Å². The molecule has 0 aliphatic carbocycles. The molecule has 0 unspecified atom stereocenters. The maximum Gasteiger partial charge on any atom is 0.331 e. The monoisotopic (exact) mass is 403 g/mol. The molecule has 0 radical (unpaired) electrons. The first-order valence-corrected chi connectivity index (χ1v) is 8.63. The van der Waals surface area contributed by atoms with Gasteiger partial charge in [0.25, 0.3) is 5.91 Å². The van der Waals surface area contributed by atoms with Crippen LogP contribution in [0.4, 0.5) is 10.1 Å². The number of esters is 1. The Morgan fingerprint density at radius 3 is 2.10 bits per heavy atom. The molecule has 0 aromatic heterocycles. The average molecular weight is 403 g/mol. The highest BCUT2D eigenvalue weighted by Gasteiger charge is 2.17. The third-order valence-electron chi connectivity index (χ3n) is 3.87. The summed E-state index contributed by atoms with van der Waals surface area (Å²) in [7, 11) is 4.46. The van der Waals surface area contributed by atoms with E-state index in [1.165, 1.54) is 64.7 Å². The molecule has 0 saturated carbocycles. The predicted molar refractivity (Wildman–Crippen MR) is 106 cm³/mol. The largest absolute Gasteiger partial charge is 0.493 e. The quantitative estimate of drug-likeness (QED) is 0.537. The molecule has 0 fully saturated rings. The zero-order valence-corrected chi connectivity index (χ0v) is 16.5. The molecule has 29 heavy (non-hydrogen) atoms. The fraction of sp³-hybridized carbons (Fsp3) is 0.238. The topological polar surface area (TPSA) is 83.1 Å². The number of hydrogen-bond donors (Lipinski definition) is 1. The second kappa shape index (κ2) is 10.1. The Morgan fingerprint density at radius 1 is 1.00 bits per heavy atom. The molecular formula is C21H22FNO6. The molecule has 1 amide bonds. The number of amides is 1. The van der Waals surface area contributed by atoms with Crippen molar-refractivity contribution in [1.82, 2.24) is 0 Å². The lowest BCUT2D eigenvalue weighted by molar-refractivity contribution is -0.148. The fourth-order valence-electron chi connectivity index (χ4n) is 2.41. The van der Waals surface area contributed by atoms with E-state index in [-0.39, 0.29) is 0 Å².